The van der Waals surface area contributed by atoms with Gasteiger partial charge in [-0.3, -0.25) is 9.59 Å². The van der Waals surface area contributed by atoms with E-state index in [1.807, 2.05) is 62.4 Å². The number of para-hydroxylation sites is 1. The Balaban J connectivity index is 1.68. The van der Waals surface area contributed by atoms with Crippen LogP contribution in [0, 0.1) is 13.8 Å². The van der Waals surface area contributed by atoms with E-state index in [0.717, 1.165) is 16.9 Å². The summed E-state index contributed by atoms with van der Waals surface area (Å²) >= 11 is 6.15. The molecule has 158 valence electrons. The van der Waals surface area contributed by atoms with Crippen LogP contribution in [0.3, 0.4) is 0 Å². The van der Waals surface area contributed by atoms with Gasteiger partial charge in [-0.1, -0.05) is 48.0 Å². The van der Waals surface area contributed by atoms with Crippen molar-refractivity contribution in [1.29, 1.82) is 0 Å². The molecule has 1 atom stereocenters. The minimum atomic E-state index is -0.805. The second-order valence-electron chi connectivity index (χ2n) is 7.38. The number of fused-ring (bicyclic) bond motifs is 1. The highest BCUT2D eigenvalue weighted by molar-refractivity contribution is 6.31. The number of aromatic nitrogens is 4. The Bertz CT molecular complexity index is 1330. The number of halogens is 1. The number of nitrogens with one attached hydrogen (secondary N) is 1. The van der Waals surface area contributed by atoms with Crippen molar-refractivity contribution in [2.45, 2.75) is 33.4 Å². The number of hydrogen-bond donors (Lipinski definition) is 1. The van der Waals surface area contributed by atoms with Gasteiger partial charge in [-0.15, -0.1) is 0 Å². The zero-order valence-corrected chi connectivity index (χ0v) is 18.2. The van der Waals surface area contributed by atoms with Crippen LogP contribution >= 0.6 is 11.6 Å². The highest BCUT2D eigenvalue weighted by atomic mass is 35.5. The van der Waals surface area contributed by atoms with E-state index in [-0.39, 0.29) is 12.5 Å². The van der Waals surface area contributed by atoms with Crippen LogP contribution in [0.5, 0.6) is 0 Å². The van der Waals surface area contributed by atoms with Crippen molar-refractivity contribution in [2.24, 2.45) is 0 Å². The first-order chi connectivity index (χ1) is 14.9. The van der Waals surface area contributed by atoms with Crippen molar-refractivity contribution in [3.05, 3.63) is 86.9 Å². The van der Waals surface area contributed by atoms with Crippen molar-refractivity contribution in [2.75, 3.05) is 0 Å². The Hall–Kier alpha value is -3.45. The van der Waals surface area contributed by atoms with Gasteiger partial charge in [0.1, 0.15) is 6.04 Å². The van der Waals surface area contributed by atoms with Crippen molar-refractivity contribution in [1.82, 2.24) is 24.9 Å². The first-order valence-electron chi connectivity index (χ1n) is 9.93. The number of amides is 1. The summed E-state index contributed by atoms with van der Waals surface area (Å²) in [6.07, 6.45) is 0. The van der Waals surface area contributed by atoms with Crippen molar-refractivity contribution in [3.63, 3.8) is 0 Å². The molecule has 2 aromatic heterocycles. The number of nitrogens with zero attached hydrogens (tertiary/aromatic N) is 4. The summed E-state index contributed by atoms with van der Waals surface area (Å²) < 4.78 is 2.93. The summed E-state index contributed by atoms with van der Waals surface area (Å²) in [6.45, 7) is 5.63. The van der Waals surface area contributed by atoms with E-state index >= 15 is 0 Å². The molecular formula is C23H22ClN5O2. The minimum absolute atomic E-state index is 0.264. The normalized spacial score (nSPS) is 12.1. The molecule has 0 aliphatic rings. The summed E-state index contributed by atoms with van der Waals surface area (Å²) in [5, 5.41) is 13.1. The number of carbonyl (C=O) groups is 1. The number of hydrogen-bond acceptors (Lipinski definition) is 4. The number of rotatable bonds is 5. The fraction of sp³-hybridized carbons (Fsp3) is 0.217. The standard InChI is InChI=1S/C23H22ClN5O2/c1-14-20-15(2)28(18-10-5-4-6-11-18)27-21(20)23(31)29(26-14)16(3)22(30)25-13-17-9-7-8-12-19(17)24/h4-12,16H,13H2,1-3H3,(H,25,30)/t16-/m1/s1. The second kappa shape index (κ2) is 8.35. The maximum Gasteiger partial charge on any atom is 0.295 e. The Labute approximate surface area is 184 Å². The lowest BCUT2D eigenvalue weighted by Gasteiger charge is -2.15. The van der Waals surface area contributed by atoms with Crippen LogP contribution in [0.1, 0.15) is 29.9 Å². The Morgan fingerprint density at radius 1 is 1.06 bits per heavy atom. The first-order valence-corrected chi connectivity index (χ1v) is 10.3. The topological polar surface area (TPSA) is 81.8 Å². The predicted molar refractivity (Wildman–Crippen MR) is 121 cm³/mol. The van der Waals surface area contributed by atoms with Crippen molar-refractivity contribution >= 4 is 28.4 Å². The van der Waals surface area contributed by atoms with Crippen LogP contribution in [0.4, 0.5) is 0 Å². The maximum atomic E-state index is 13.2. The van der Waals surface area contributed by atoms with Gasteiger partial charge >= 0.3 is 0 Å². The highest BCUT2D eigenvalue weighted by Crippen LogP contribution is 2.21. The van der Waals surface area contributed by atoms with Gasteiger partial charge < -0.3 is 5.32 Å². The number of aryl methyl sites for hydroxylation is 2. The second-order valence-corrected chi connectivity index (χ2v) is 7.78. The molecule has 4 aromatic rings. The van der Waals surface area contributed by atoms with Gasteiger partial charge in [0.15, 0.2) is 5.52 Å². The van der Waals surface area contributed by atoms with E-state index in [0.29, 0.717) is 21.6 Å². The third-order valence-corrected chi connectivity index (χ3v) is 5.67. The quantitative estimate of drug-likeness (QED) is 0.518. The van der Waals surface area contributed by atoms with Gasteiger partial charge in [-0.2, -0.15) is 10.2 Å². The molecule has 8 heteroatoms. The van der Waals surface area contributed by atoms with E-state index in [2.05, 4.69) is 15.5 Å². The molecule has 2 aromatic carbocycles. The molecule has 7 nitrogen and oxygen atoms in total. The molecule has 31 heavy (non-hydrogen) atoms. The number of carbonyl (C=O) groups excluding carboxylic acids is 1. The highest BCUT2D eigenvalue weighted by Gasteiger charge is 2.23. The molecule has 1 amide bonds. The molecule has 1 N–H and O–H groups in total. The Kier molecular flexibility index (Phi) is 5.61. The molecule has 0 saturated carbocycles. The van der Waals surface area contributed by atoms with Gasteiger partial charge in [0, 0.05) is 11.6 Å². The average Bonchev–Trinajstić information content (AvgIpc) is 3.13. The smallest absolute Gasteiger partial charge is 0.295 e. The molecule has 0 radical (unpaired) electrons. The third kappa shape index (κ3) is 3.84. The van der Waals surface area contributed by atoms with E-state index < -0.39 is 11.6 Å². The van der Waals surface area contributed by atoms with E-state index in [1.54, 1.807) is 17.7 Å². The summed E-state index contributed by atoms with van der Waals surface area (Å²) in [6, 6.07) is 16.1. The van der Waals surface area contributed by atoms with E-state index in [9.17, 15) is 9.59 Å². The summed E-state index contributed by atoms with van der Waals surface area (Å²) in [7, 11) is 0. The lowest BCUT2D eigenvalue weighted by atomic mass is 10.2. The first kappa shape index (κ1) is 20.8. The fourth-order valence-corrected chi connectivity index (χ4v) is 3.82. The average molecular weight is 436 g/mol. The zero-order valence-electron chi connectivity index (χ0n) is 17.5. The zero-order chi connectivity index (χ0) is 22.1. The molecule has 0 aliphatic carbocycles. The van der Waals surface area contributed by atoms with Gasteiger partial charge in [0.25, 0.3) is 5.56 Å². The van der Waals surface area contributed by atoms with Crippen LogP contribution in [-0.4, -0.2) is 25.5 Å². The van der Waals surface area contributed by atoms with E-state index in [1.165, 1.54) is 4.68 Å². The lowest BCUT2D eigenvalue weighted by molar-refractivity contribution is -0.124. The predicted octanol–water partition coefficient (Wildman–Crippen LogP) is 3.73. The van der Waals surface area contributed by atoms with Gasteiger partial charge in [0.05, 0.1) is 22.5 Å². The summed E-state index contributed by atoms with van der Waals surface area (Å²) in [5.41, 5.74) is 3.01. The van der Waals surface area contributed by atoms with Gasteiger partial charge in [-0.25, -0.2) is 9.36 Å². The van der Waals surface area contributed by atoms with E-state index in [4.69, 9.17) is 11.6 Å². The molecule has 0 bridgehead atoms. The van der Waals surface area contributed by atoms with Crippen molar-refractivity contribution in [3.8, 4) is 5.69 Å². The SMILES string of the molecule is Cc1nn([C@H](C)C(=O)NCc2ccccc2Cl)c(=O)c2nn(-c3ccccc3)c(C)c12. The molecule has 0 aliphatic heterocycles. The molecule has 2 heterocycles. The minimum Gasteiger partial charge on any atom is -0.350 e. The van der Waals surface area contributed by atoms with Gasteiger partial charge in [-0.05, 0) is 44.5 Å². The molecule has 4 rings (SSSR count). The van der Waals surface area contributed by atoms with Crippen molar-refractivity contribution < 1.29 is 4.79 Å². The summed E-state index contributed by atoms with van der Waals surface area (Å²) in [4.78, 5) is 25.9. The molecule has 0 fully saturated rings. The Morgan fingerprint density at radius 2 is 1.74 bits per heavy atom. The maximum absolute atomic E-state index is 13.2. The monoisotopic (exact) mass is 435 g/mol. The molecular weight excluding hydrogens is 414 g/mol. The van der Waals surface area contributed by atoms with Crippen LogP contribution in [0.25, 0.3) is 16.6 Å². The summed E-state index contributed by atoms with van der Waals surface area (Å²) in [5.74, 6) is -0.326. The molecule has 0 saturated heterocycles. The van der Waals surface area contributed by atoms with Crippen LogP contribution in [-0.2, 0) is 11.3 Å². The molecule has 0 spiro atoms. The largest absolute Gasteiger partial charge is 0.350 e. The fourth-order valence-electron chi connectivity index (χ4n) is 3.62. The Morgan fingerprint density at radius 3 is 2.45 bits per heavy atom. The third-order valence-electron chi connectivity index (χ3n) is 5.30. The molecule has 0 unspecified atom stereocenters. The number of benzene rings is 2. The van der Waals surface area contributed by atoms with Crippen LogP contribution in [0.15, 0.2) is 59.4 Å². The van der Waals surface area contributed by atoms with Crippen LogP contribution in [0.2, 0.25) is 5.02 Å². The van der Waals surface area contributed by atoms with Gasteiger partial charge in [0.2, 0.25) is 5.91 Å². The van der Waals surface area contributed by atoms with Crippen LogP contribution < -0.4 is 10.9 Å². The lowest BCUT2D eigenvalue weighted by Crippen LogP contribution is -2.37.